The minimum absolute atomic E-state index is 0.0928. The van der Waals surface area contributed by atoms with Crippen LogP contribution in [0.15, 0.2) is 42.5 Å². The zero-order chi connectivity index (χ0) is 20.7. The summed E-state index contributed by atoms with van der Waals surface area (Å²) in [5.74, 6) is 0.126. The van der Waals surface area contributed by atoms with E-state index in [1.807, 2.05) is 0 Å². The number of hydrogen-bond donors (Lipinski definition) is 0. The molecule has 0 spiro atoms. The molecule has 0 N–H and O–H groups in total. The average Bonchev–Trinajstić information content (AvgIpc) is 2.98. The summed E-state index contributed by atoms with van der Waals surface area (Å²) in [4.78, 5) is 12.6. The van der Waals surface area contributed by atoms with Gasteiger partial charge in [-0.1, -0.05) is 23.2 Å². The molecule has 2 aromatic rings. The van der Waals surface area contributed by atoms with Crippen molar-refractivity contribution in [3.63, 3.8) is 0 Å². The Morgan fingerprint density at radius 2 is 1.79 bits per heavy atom. The lowest BCUT2D eigenvalue weighted by Gasteiger charge is -2.31. The second-order valence-corrected chi connectivity index (χ2v) is 7.54. The Morgan fingerprint density at radius 3 is 2.32 bits per heavy atom. The number of benzene rings is 2. The van der Waals surface area contributed by atoms with Crippen molar-refractivity contribution in [2.24, 2.45) is 0 Å². The molecule has 0 saturated heterocycles. The van der Waals surface area contributed by atoms with Crippen LogP contribution in [0.1, 0.15) is 16.7 Å². The third-order valence-electron chi connectivity index (χ3n) is 4.57. The first-order chi connectivity index (χ1) is 13.1. The number of aldehydes is 1. The first kappa shape index (κ1) is 20.6. The summed E-state index contributed by atoms with van der Waals surface area (Å²) in [6, 6.07) is 8.49. The van der Waals surface area contributed by atoms with Crippen molar-refractivity contribution in [1.29, 1.82) is 0 Å². The molecule has 1 heterocycles. The lowest BCUT2D eigenvalue weighted by molar-refractivity contribution is -0.248. The first-order valence-corrected chi connectivity index (χ1v) is 9.01. The summed E-state index contributed by atoms with van der Waals surface area (Å²) in [5, 5.41) is 0.186. The number of allylic oxidation sites excluding steroid dienone is 1. The fraction of sp³-hybridized carbons (Fsp3) is 0.250. The molecule has 0 radical (unpaired) electrons. The molecule has 3 rings (SSSR count). The molecule has 0 aliphatic carbocycles. The van der Waals surface area contributed by atoms with E-state index in [1.54, 1.807) is 31.1 Å². The molecule has 1 aliphatic heterocycles. The van der Waals surface area contributed by atoms with Gasteiger partial charge in [0.25, 0.3) is 0 Å². The highest BCUT2D eigenvalue weighted by Crippen LogP contribution is 2.52. The fourth-order valence-electron chi connectivity index (χ4n) is 3.31. The van der Waals surface area contributed by atoms with Crippen LogP contribution in [0.3, 0.4) is 0 Å². The summed E-state index contributed by atoms with van der Waals surface area (Å²) >= 11 is 11.9. The molecule has 148 valence electrons. The number of carbonyl (C=O) groups excluding carboxylic acids is 1. The summed E-state index contributed by atoms with van der Waals surface area (Å²) in [6.45, 7) is 0. The molecule has 1 atom stereocenters. The van der Waals surface area contributed by atoms with Crippen LogP contribution in [-0.4, -0.2) is 31.5 Å². The second-order valence-electron chi connectivity index (χ2n) is 6.67. The van der Waals surface area contributed by atoms with Crippen LogP contribution in [0.4, 0.5) is 13.2 Å². The molecule has 28 heavy (non-hydrogen) atoms. The molecule has 0 bridgehead atoms. The van der Waals surface area contributed by atoms with Gasteiger partial charge < -0.3 is 9.64 Å². The number of rotatable bonds is 4. The van der Waals surface area contributed by atoms with E-state index in [2.05, 4.69) is 0 Å². The Hall–Kier alpha value is -2.18. The SMILES string of the molecule is CN(C)/C(=C/C=O)c1ccc2c(c1)CC(c1cc(Cl)cc(Cl)c1)(C(F)(F)F)O2. The monoisotopic (exact) mass is 429 g/mol. The van der Waals surface area contributed by atoms with Crippen LogP contribution in [0.2, 0.25) is 10.0 Å². The maximum absolute atomic E-state index is 14.2. The Bertz CT molecular complexity index is 937. The van der Waals surface area contributed by atoms with Gasteiger partial charge in [0.05, 0.1) is 0 Å². The van der Waals surface area contributed by atoms with Gasteiger partial charge >= 0.3 is 6.18 Å². The minimum atomic E-state index is -4.71. The standard InChI is InChI=1S/C20H16Cl2F3NO2/c1-26(2)17(5-6-27)12-3-4-18-13(7-12)11-19(28-18,20(23,24)25)14-8-15(21)10-16(22)9-14/h3-10H,11H2,1-2H3/b17-5+. The molecule has 0 fully saturated rings. The Morgan fingerprint density at radius 1 is 1.14 bits per heavy atom. The second kappa shape index (κ2) is 7.33. The molecule has 1 unspecified atom stereocenters. The lowest BCUT2D eigenvalue weighted by Crippen LogP contribution is -2.46. The summed E-state index contributed by atoms with van der Waals surface area (Å²) in [5.41, 5.74) is -1.18. The highest BCUT2D eigenvalue weighted by atomic mass is 35.5. The fourth-order valence-corrected chi connectivity index (χ4v) is 3.83. The van der Waals surface area contributed by atoms with Crippen LogP contribution in [-0.2, 0) is 16.8 Å². The summed E-state index contributed by atoms with van der Waals surface area (Å²) in [6.07, 6.45) is -3.15. The predicted molar refractivity (Wildman–Crippen MR) is 103 cm³/mol. The predicted octanol–water partition coefficient (Wildman–Crippen LogP) is 5.49. The van der Waals surface area contributed by atoms with Gasteiger partial charge in [-0.2, -0.15) is 13.2 Å². The normalized spacial score (nSPS) is 19.2. The van der Waals surface area contributed by atoms with E-state index in [4.69, 9.17) is 27.9 Å². The van der Waals surface area contributed by atoms with Crippen molar-refractivity contribution >= 4 is 35.2 Å². The van der Waals surface area contributed by atoms with Gasteiger partial charge in [0.2, 0.25) is 5.60 Å². The lowest BCUT2D eigenvalue weighted by atomic mass is 9.88. The number of fused-ring (bicyclic) bond motifs is 1. The van der Waals surface area contributed by atoms with Crippen molar-refractivity contribution < 1.29 is 22.7 Å². The van der Waals surface area contributed by atoms with Gasteiger partial charge in [-0.15, -0.1) is 0 Å². The van der Waals surface area contributed by atoms with Crippen molar-refractivity contribution in [2.75, 3.05) is 14.1 Å². The van der Waals surface area contributed by atoms with E-state index < -0.39 is 18.2 Å². The van der Waals surface area contributed by atoms with Crippen molar-refractivity contribution in [1.82, 2.24) is 4.90 Å². The highest BCUT2D eigenvalue weighted by molar-refractivity contribution is 6.34. The van der Waals surface area contributed by atoms with E-state index in [0.29, 0.717) is 23.1 Å². The number of halogens is 5. The third kappa shape index (κ3) is 3.59. The van der Waals surface area contributed by atoms with Gasteiger partial charge in [-0.05, 0) is 47.5 Å². The number of alkyl halides is 3. The molecular formula is C20H16Cl2F3NO2. The molecule has 1 aliphatic rings. The summed E-state index contributed by atoms with van der Waals surface area (Å²) in [7, 11) is 3.49. The zero-order valence-corrected chi connectivity index (χ0v) is 16.5. The van der Waals surface area contributed by atoms with Gasteiger partial charge in [0, 0.05) is 47.9 Å². The highest BCUT2D eigenvalue weighted by Gasteiger charge is 2.61. The van der Waals surface area contributed by atoms with Gasteiger partial charge in [-0.3, -0.25) is 4.79 Å². The minimum Gasteiger partial charge on any atom is -0.472 e. The van der Waals surface area contributed by atoms with E-state index in [-0.39, 0.29) is 21.4 Å². The first-order valence-electron chi connectivity index (χ1n) is 8.26. The van der Waals surface area contributed by atoms with Gasteiger partial charge in [-0.25, -0.2) is 0 Å². The molecule has 3 nitrogen and oxygen atoms in total. The smallest absolute Gasteiger partial charge is 0.432 e. The molecular weight excluding hydrogens is 414 g/mol. The number of nitrogens with zero attached hydrogens (tertiary/aromatic N) is 1. The van der Waals surface area contributed by atoms with Gasteiger partial charge in [0.15, 0.2) is 0 Å². The van der Waals surface area contributed by atoms with Crippen LogP contribution in [0, 0.1) is 0 Å². The summed E-state index contributed by atoms with van der Waals surface area (Å²) < 4.78 is 47.9. The molecule has 0 aromatic heterocycles. The zero-order valence-electron chi connectivity index (χ0n) is 15.0. The number of carbonyl (C=O) groups is 1. The van der Waals surface area contributed by atoms with Crippen LogP contribution < -0.4 is 4.74 Å². The number of hydrogen-bond acceptors (Lipinski definition) is 3. The third-order valence-corrected chi connectivity index (χ3v) is 5.01. The van der Waals surface area contributed by atoms with E-state index in [9.17, 15) is 18.0 Å². The molecule has 2 aromatic carbocycles. The molecule has 8 heteroatoms. The molecule has 0 amide bonds. The Labute approximate surface area is 170 Å². The quantitative estimate of drug-likeness (QED) is 0.475. The Balaban J connectivity index is 2.11. The average molecular weight is 430 g/mol. The van der Waals surface area contributed by atoms with Crippen LogP contribution >= 0.6 is 23.2 Å². The maximum atomic E-state index is 14.2. The topological polar surface area (TPSA) is 29.5 Å². The number of ether oxygens (including phenoxy) is 1. The maximum Gasteiger partial charge on any atom is 0.432 e. The van der Waals surface area contributed by atoms with Crippen molar-refractivity contribution in [3.05, 3.63) is 69.2 Å². The van der Waals surface area contributed by atoms with Crippen LogP contribution in [0.25, 0.3) is 5.70 Å². The Kier molecular flexibility index (Phi) is 5.38. The van der Waals surface area contributed by atoms with Crippen LogP contribution in [0.5, 0.6) is 5.75 Å². The van der Waals surface area contributed by atoms with E-state index >= 15 is 0 Å². The van der Waals surface area contributed by atoms with Crippen molar-refractivity contribution in [3.8, 4) is 5.75 Å². The molecule has 0 saturated carbocycles. The van der Waals surface area contributed by atoms with E-state index in [0.717, 1.165) is 0 Å². The van der Waals surface area contributed by atoms with Gasteiger partial charge in [0.1, 0.15) is 12.0 Å². The van der Waals surface area contributed by atoms with E-state index in [1.165, 1.54) is 30.3 Å². The van der Waals surface area contributed by atoms with Crippen molar-refractivity contribution in [2.45, 2.75) is 18.2 Å². The largest absolute Gasteiger partial charge is 0.472 e.